The minimum absolute atomic E-state index is 0.507. The molecule has 0 saturated heterocycles. The number of fused-ring (bicyclic) bond motifs is 1. The summed E-state index contributed by atoms with van der Waals surface area (Å²) in [5.74, 6) is 1.51. The summed E-state index contributed by atoms with van der Waals surface area (Å²) in [7, 11) is 0. The SMILES string of the molecule is NCCOc1ccc(Nc2cnc3ccccc3n2)cc1. The molecular formula is C16H16N4O. The van der Waals surface area contributed by atoms with Crippen molar-refractivity contribution in [1.82, 2.24) is 9.97 Å². The van der Waals surface area contributed by atoms with Crippen molar-refractivity contribution < 1.29 is 4.74 Å². The van der Waals surface area contributed by atoms with Crippen molar-refractivity contribution in [2.75, 3.05) is 18.5 Å². The van der Waals surface area contributed by atoms with Crippen molar-refractivity contribution >= 4 is 22.5 Å². The van der Waals surface area contributed by atoms with Crippen LogP contribution in [0.5, 0.6) is 5.75 Å². The van der Waals surface area contributed by atoms with Gasteiger partial charge in [0.25, 0.3) is 0 Å². The smallest absolute Gasteiger partial charge is 0.149 e. The number of anilines is 2. The molecule has 0 amide bonds. The van der Waals surface area contributed by atoms with Crippen LogP contribution in [0.1, 0.15) is 0 Å². The van der Waals surface area contributed by atoms with E-state index in [0.29, 0.717) is 19.0 Å². The van der Waals surface area contributed by atoms with E-state index in [1.165, 1.54) is 0 Å². The zero-order chi connectivity index (χ0) is 14.5. The molecule has 0 atom stereocenters. The van der Waals surface area contributed by atoms with Gasteiger partial charge in [-0.15, -0.1) is 0 Å². The maximum Gasteiger partial charge on any atom is 0.149 e. The maximum atomic E-state index is 5.44. The molecule has 0 unspecified atom stereocenters. The van der Waals surface area contributed by atoms with Crippen LogP contribution in [0, 0.1) is 0 Å². The van der Waals surface area contributed by atoms with E-state index in [-0.39, 0.29) is 0 Å². The van der Waals surface area contributed by atoms with Gasteiger partial charge in [0.05, 0.1) is 17.2 Å². The van der Waals surface area contributed by atoms with Gasteiger partial charge in [-0.05, 0) is 36.4 Å². The van der Waals surface area contributed by atoms with E-state index in [1.807, 2.05) is 48.5 Å². The molecule has 0 aliphatic carbocycles. The Bertz CT molecular complexity index is 728. The molecule has 21 heavy (non-hydrogen) atoms. The number of nitrogens with zero attached hydrogens (tertiary/aromatic N) is 2. The second-order valence-electron chi connectivity index (χ2n) is 4.53. The summed E-state index contributed by atoms with van der Waals surface area (Å²) >= 11 is 0. The van der Waals surface area contributed by atoms with Gasteiger partial charge in [0.2, 0.25) is 0 Å². The number of ether oxygens (including phenoxy) is 1. The molecule has 5 nitrogen and oxygen atoms in total. The van der Waals surface area contributed by atoms with Crippen LogP contribution in [0.2, 0.25) is 0 Å². The van der Waals surface area contributed by atoms with E-state index in [2.05, 4.69) is 15.3 Å². The number of para-hydroxylation sites is 2. The molecule has 0 saturated carbocycles. The summed E-state index contributed by atoms with van der Waals surface area (Å²) in [6.07, 6.45) is 1.72. The lowest BCUT2D eigenvalue weighted by Crippen LogP contribution is -2.10. The second kappa shape index (κ2) is 6.19. The normalized spacial score (nSPS) is 10.5. The fourth-order valence-corrected chi connectivity index (χ4v) is 1.98. The van der Waals surface area contributed by atoms with E-state index in [9.17, 15) is 0 Å². The lowest BCUT2D eigenvalue weighted by atomic mass is 10.3. The molecule has 0 fully saturated rings. The molecule has 3 aromatic rings. The highest BCUT2D eigenvalue weighted by atomic mass is 16.5. The van der Waals surface area contributed by atoms with Crippen molar-refractivity contribution in [3.63, 3.8) is 0 Å². The van der Waals surface area contributed by atoms with E-state index in [1.54, 1.807) is 6.20 Å². The largest absolute Gasteiger partial charge is 0.492 e. The molecule has 0 radical (unpaired) electrons. The van der Waals surface area contributed by atoms with Crippen LogP contribution < -0.4 is 15.8 Å². The Morgan fingerprint density at radius 1 is 1.00 bits per heavy atom. The molecular weight excluding hydrogens is 264 g/mol. The predicted molar refractivity (Wildman–Crippen MR) is 83.8 cm³/mol. The van der Waals surface area contributed by atoms with Crippen LogP contribution in [0.4, 0.5) is 11.5 Å². The number of benzene rings is 2. The topological polar surface area (TPSA) is 73.1 Å². The lowest BCUT2D eigenvalue weighted by Gasteiger charge is -2.08. The van der Waals surface area contributed by atoms with Gasteiger partial charge in [-0.25, -0.2) is 4.98 Å². The van der Waals surface area contributed by atoms with Crippen LogP contribution in [-0.2, 0) is 0 Å². The zero-order valence-electron chi connectivity index (χ0n) is 11.5. The van der Waals surface area contributed by atoms with Gasteiger partial charge in [0, 0.05) is 12.2 Å². The molecule has 0 aliphatic rings. The van der Waals surface area contributed by atoms with Gasteiger partial charge in [-0.1, -0.05) is 12.1 Å². The Morgan fingerprint density at radius 3 is 2.52 bits per heavy atom. The predicted octanol–water partition coefficient (Wildman–Crippen LogP) is 2.71. The van der Waals surface area contributed by atoms with Gasteiger partial charge in [-0.2, -0.15) is 0 Å². The first-order valence-electron chi connectivity index (χ1n) is 6.77. The number of hydrogen-bond acceptors (Lipinski definition) is 5. The minimum Gasteiger partial charge on any atom is -0.492 e. The highest BCUT2D eigenvalue weighted by Gasteiger charge is 2.00. The van der Waals surface area contributed by atoms with Crippen molar-refractivity contribution in [3.8, 4) is 5.75 Å². The van der Waals surface area contributed by atoms with Crippen LogP contribution in [0.15, 0.2) is 54.7 Å². The molecule has 3 rings (SSSR count). The van der Waals surface area contributed by atoms with E-state index >= 15 is 0 Å². The molecule has 1 heterocycles. The fraction of sp³-hybridized carbons (Fsp3) is 0.125. The molecule has 1 aromatic heterocycles. The van der Waals surface area contributed by atoms with Crippen LogP contribution in [-0.4, -0.2) is 23.1 Å². The van der Waals surface area contributed by atoms with Gasteiger partial charge < -0.3 is 15.8 Å². The summed E-state index contributed by atoms with van der Waals surface area (Å²) in [6, 6.07) is 15.4. The van der Waals surface area contributed by atoms with Crippen LogP contribution in [0.25, 0.3) is 11.0 Å². The monoisotopic (exact) mass is 280 g/mol. The van der Waals surface area contributed by atoms with Gasteiger partial charge in [0.1, 0.15) is 18.2 Å². The van der Waals surface area contributed by atoms with Gasteiger partial charge in [0.15, 0.2) is 0 Å². The maximum absolute atomic E-state index is 5.44. The van der Waals surface area contributed by atoms with Crippen LogP contribution >= 0.6 is 0 Å². The third-order valence-electron chi connectivity index (χ3n) is 2.96. The number of nitrogens with two attached hydrogens (primary N) is 1. The summed E-state index contributed by atoms with van der Waals surface area (Å²) in [5, 5.41) is 3.23. The Kier molecular flexibility index (Phi) is 3.93. The fourth-order valence-electron chi connectivity index (χ4n) is 1.98. The van der Waals surface area contributed by atoms with E-state index < -0.39 is 0 Å². The van der Waals surface area contributed by atoms with Gasteiger partial charge in [-0.3, -0.25) is 4.98 Å². The van der Waals surface area contributed by atoms with Crippen molar-refractivity contribution in [1.29, 1.82) is 0 Å². The molecule has 2 aromatic carbocycles. The summed E-state index contributed by atoms with van der Waals surface area (Å²) < 4.78 is 5.44. The zero-order valence-corrected chi connectivity index (χ0v) is 11.5. The molecule has 106 valence electrons. The summed E-state index contributed by atoms with van der Waals surface area (Å²) in [5.41, 5.74) is 8.08. The number of nitrogens with one attached hydrogen (secondary N) is 1. The number of rotatable bonds is 5. The molecule has 0 aliphatic heterocycles. The first-order valence-corrected chi connectivity index (χ1v) is 6.77. The summed E-state index contributed by atoms with van der Waals surface area (Å²) in [4.78, 5) is 8.89. The average Bonchev–Trinajstić information content (AvgIpc) is 2.54. The van der Waals surface area contributed by atoms with Gasteiger partial charge >= 0.3 is 0 Å². The van der Waals surface area contributed by atoms with Crippen molar-refractivity contribution in [2.24, 2.45) is 5.73 Å². The highest BCUT2D eigenvalue weighted by Crippen LogP contribution is 2.19. The van der Waals surface area contributed by atoms with Crippen molar-refractivity contribution in [3.05, 3.63) is 54.7 Å². The molecule has 3 N–H and O–H groups in total. The Balaban J connectivity index is 1.75. The molecule has 0 bridgehead atoms. The number of aromatic nitrogens is 2. The molecule has 0 spiro atoms. The third-order valence-corrected chi connectivity index (χ3v) is 2.96. The van der Waals surface area contributed by atoms with E-state index in [0.717, 1.165) is 22.5 Å². The Hall–Kier alpha value is -2.66. The average molecular weight is 280 g/mol. The second-order valence-corrected chi connectivity index (χ2v) is 4.53. The Labute approximate surface area is 122 Å². The molecule has 5 heteroatoms. The standard InChI is InChI=1S/C16H16N4O/c17-9-10-21-13-7-5-12(6-8-13)19-16-11-18-14-3-1-2-4-15(14)20-16/h1-8,11H,9-10,17H2,(H,19,20). The quantitative estimate of drug-likeness (QED) is 0.751. The number of hydrogen-bond donors (Lipinski definition) is 2. The van der Waals surface area contributed by atoms with E-state index in [4.69, 9.17) is 10.5 Å². The van der Waals surface area contributed by atoms with Crippen LogP contribution in [0.3, 0.4) is 0 Å². The first-order chi connectivity index (χ1) is 10.3. The lowest BCUT2D eigenvalue weighted by molar-refractivity contribution is 0.328. The highest BCUT2D eigenvalue weighted by molar-refractivity contribution is 5.76. The minimum atomic E-state index is 0.507. The Morgan fingerprint density at radius 2 is 1.76 bits per heavy atom. The first kappa shape index (κ1) is 13.3. The summed E-state index contributed by atoms with van der Waals surface area (Å²) in [6.45, 7) is 1.02. The van der Waals surface area contributed by atoms with Crippen molar-refractivity contribution in [2.45, 2.75) is 0 Å². The third kappa shape index (κ3) is 3.27.